The monoisotopic (exact) mass is 384 g/mol. The van der Waals surface area contributed by atoms with Gasteiger partial charge in [0.25, 0.3) is 5.69 Å². The summed E-state index contributed by atoms with van der Waals surface area (Å²) in [4.78, 5) is 36.8. The number of nitrogens with zero attached hydrogens (tertiary/aromatic N) is 2. The number of hydrogen-bond donors (Lipinski definition) is 0. The van der Waals surface area contributed by atoms with Gasteiger partial charge in [0, 0.05) is 19.0 Å². The third kappa shape index (κ3) is 3.80. The van der Waals surface area contributed by atoms with E-state index in [9.17, 15) is 19.7 Å². The van der Waals surface area contributed by atoms with Gasteiger partial charge in [-0.1, -0.05) is 6.07 Å². The van der Waals surface area contributed by atoms with Crippen LogP contribution in [0.4, 0.5) is 11.4 Å². The number of nitro benzene ring substituents is 1. The number of carbonyl (C=O) groups is 2. The van der Waals surface area contributed by atoms with Gasteiger partial charge in [0.15, 0.2) is 0 Å². The Kier molecular flexibility index (Phi) is 5.30. The SMILES string of the molecule is COc1cc([N+](=O)[O-])ccc1N1C[C@H](C(=O)Oc2ccc(C)c(C)c2)CC1=O. The zero-order valence-electron chi connectivity index (χ0n) is 15.8. The van der Waals surface area contributed by atoms with Crippen LogP contribution in [0.25, 0.3) is 0 Å². The summed E-state index contributed by atoms with van der Waals surface area (Å²) in [5.74, 6) is -0.749. The van der Waals surface area contributed by atoms with Crippen molar-refractivity contribution >= 4 is 23.3 Å². The van der Waals surface area contributed by atoms with Crippen molar-refractivity contribution in [2.45, 2.75) is 20.3 Å². The zero-order chi connectivity index (χ0) is 20.4. The molecule has 3 rings (SSSR count). The standard InChI is InChI=1S/C20H20N2O6/c1-12-4-6-16(8-13(12)2)28-20(24)14-9-19(23)21(11-14)17-7-5-15(22(25)26)10-18(17)27-3/h4-8,10,14H,9,11H2,1-3H3/t14-/m1/s1. The minimum Gasteiger partial charge on any atom is -0.494 e. The lowest BCUT2D eigenvalue weighted by molar-refractivity contribution is -0.384. The van der Waals surface area contributed by atoms with Crippen LogP contribution < -0.4 is 14.4 Å². The van der Waals surface area contributed by atoms with Gasteiger partial charge in [0.05, 0.1) is 29.7 Å². The van der Waals surface area contributed by atoms with E-state index in [0.29, 0.717) is 11.4 Å². The third-order valence-electron chi connectivity index (χ3n) is 4.82. The highest BCUT2D eigenvalue weighted by molar-refractivity contribution is 6.00. The molecule has 146 valence electrons. The lowest BCUT2D eigenvalue weighted by atomic mass is 10.1. The number of esters is 1. The number of anilines is 1. The number of ether oxygens (including phenoxy) is 2. The average molecular weight is 384 g/mol. The van der Waals surface area contributed by atoms with Gasteiger partial charge in [-0.15, -0.1) is 0 Å². The minimum atomic E-state index is -0.631. The molecule has 0 N–H and O–H groups in total. The van der Waals surface area contributed by atoms with Gasteiger partial charge >= 0.3 is 5.97 Å². The van der Waals surface area contributed by atoms with Crippen molar-refractivity contribution in [3.8, 4) is 11.5 Å². The molecular formula is C20H20N2O6. The zero-order valence-corrected chi connectivity index (χ0v) is 15.8. The number of rotatable bonds is 5. The van der Waals surface area contributed by atoms with Crippen LogP contribution in [-0.4, -0.2) is 30.5 Å². The molecule has 1 saturated heterocycles. The molecule has 1 aliphatic heterocycles. The van der Waals surface area contributed by atoms with E-state index < -0.39 is 16.8 Å². The van der Waals surface area contributed by atoms with E-state index in [4.69, 9.17) is 9.47 Å². The summed E-state index contributed by atoms with van der Waals surface area (Å²) in [6.45, 7) is 4.01. The van der Waals surface area contributed by atoms with Crippen LogP contribution in [-0.2, 0) is 9.59 Å². The van der Waals surface area contributed by atoms with Crippen LogP contribution in [0.1, 0.15) is 17.5 Å². The van der Waals surface area contributed by atoms with Gasteiger partial charge in [-0.3, -0.25) is 19.7 Å². The fourth-order valence-electron chi connectivity index (χ4n) is 3.08. The van der Waals surface area contributed by atoms with Crippen molar-refractivity contribution in [2.75, 3.05) is 18.6 Å². The molecule has 2 aromatic rings. The van der Waals surface area contributed by atoms with Gasteiger partial charge in [0.2, 0.25) is 5.91 Å². The van der Waals surface area contributed by atoms with Crippen LogP contribution in [0.2, 0.25) is 0 Å². The van der Waals surface area contributed by atoms with Crippen LogP contribution in [0, 0.1) is 29.9 Å². The van der Waals surface area contributed by atoms with Gasteiger partial charge in [0.1, 0.15) is 11.5 Å². The minimum absolute atomic E-state index is 0.00379. The molecule has 8 nitrogen and oxygen atoms in total. The first kappa shape index (κ1) is 19.3. The number of nitro groups is 1. The molecule has 0 spiro atoms. The van der Waals surface area contributed by atoms with Crippen molar-refractivity contribution in [1.82, 2.24) is 0 Å². The highest BCUT2D eigenvalue weighted by Gasteiger charge is 2.37. The molecule has 1 fully saturated rings. The Morgan fingerprint density at radius 2 is 1.93 bits per heavy atom. The number of benzene rings is 2. The maximum atomic E-state index is 12.5. The maximum absolute atomic E-state index is 12.5. The number of carbonyl (C=O) groups excluding carboxylic acids is 2. The summed E-state index contributed by atoms with van der Waals surface area (Å²) < 4.78 is 10.6. The second-order valence-electron chi connectivity index (χ2n) is 6.69. The Balaban J connectivity index is 1.77. The van der Waals surface area contributed by atoms with E-state index in [1.165, 1.54) is 30.2 Å². The molecular weight excluding hydrogens is 364 g/mol. The van der Waals surface area contributed by atoms with Crippen LogP contribution in [0.3, 0.4) is 0 Å². The highest BCUT2D eigenvalue weighted by atomic mass is 16.6. The predicted molar refractivity (Wildman–Crippen MR) is 102 cm³/mol. The first-order valence-corrected chi connectivity index (χ1v) is 8.72. The third-order valence-corrected chi connectivity index (χ3v) is 4.82. The van der Waals surface area contributed by atoms with Crippen LogP contribution in [0.5, 0.6) is 11.5 Å². The predicted octanol–water partition coefficient (Wildman–Crippen LogP) is 3.18. The van der Waals surface area contributed by atoms with Gasteiger partial charge in [-0.05, 0) is 43.2 Å². The Bertz CT molecular complexity index is 956. The molecule has 1 amide bonds. The summed E-state index contributed by atoms with van der Waals surface area (Å²) in [6.07, 6.45) is 0.00379. The Hall–Kier alpha value is -3.42. The molecule has 0 unspecified atom stereocenters. The molecule has 1 atom stereocenters. The van der Waals surface area contributed by atoms with Crippen molar-refractivity contribution < 1.29 is 24.0 Å². The van der Waals surface area contributed by atoms with E-state index in [-0.39, 0.29) is 30.3 Å². The van der Waals surface area contributed by atoms with E-state index in [1.807, 2.05) is 19.9 Å². The number of amides is 1. The van der Waals surface area contributed by atoms with Crippen LogP contribution >= 0.6 is 0 Å². The number of aryl methyl sites for hydroxylation is 2. The van der Waals surface area contributed by atoms with Gasteiger partial charge < -0.3 is 14.4 Å². The molecule has 1 aliphatic rings. The molecule has 0 aliphatic carbocycles. The van der Waals surface area contributed by atoms with E-state index >= 15 is 0 Å². The smallest absolute Gasteiger partial charge is 0.316 e. The molecule has 28 heavy (non-hydrogen) atoms. The first-order chi connectivity index (χ1) is 13.3. The van der Waals surface area contributed by atoms with Crippen LogP contribution in [0.15, 0.2) is 36.4 Å². The second kappa shape index (κ2) is 7.67. The largest absolute Gasteiger partial charge is 0.494 e. The Morgan fingerprint density at radius 3 is 2.57 bits per heavy atom. The first-order valence-electron chi connectivity index (χ1n) is 8.72. The molecule has 2 aromatic carbocycles. The average Bonchev–Trinajstić information content (AvgIpc) is 3.05. The fourth-order valence-corrected chi connectivity index (χ4v) is 3.08. The molecule has 0 aromatic heterocycles. The Morgan fingerprint density at radius 1 is 1.18 bits per heavy atom. The van der Waals surface area contributed by atoms with Crippen molar-refractivity contribution in [3.63, 3.8) is 0 Å². The van der Waals surface area contributed by atoms with Crippen molar-refractivity contribution in [3.05, 3.63) is 57.6 Å². The molecule has 0 bridgehead atoms. The molecule has 0 saturated carbocycles. The second-order valence-corrected chi connectivity index (χ2v) is 6.69. The van der Waals surface area contributed by atoms with E-state index in [1.54, 1.807) is 12.1 Å². The fraction of sp³-hybridized carbons (Fsp3) is 0.300. The lowest BCUT2D eigenvalue weighted by Crippen LogP contribution is -2.27. The summed E-state index contributed by atoms with van der Waals surface area (Å²) >= 11 is 0. The van der Waals surface area contributed by atoms with Crippen molar-refractivity contribution in [1.29, 1.82) is 0 Å². The highest BCUT2D eigenvalue weighted by Crippen LogP contribution is 2.36. The molecule has 1 heterocycles. The van der Waals surface area contributed by atoms with Gasteiger partial charge in [-0.25, -0.2) is 0 Å². The van der Waals surface area contributed by atoms with E-state index in [0.717, 1.165) is 11.1 Å². The molecule has 8 heteroatoms. The lowest BCUT2D eigenvalue weighted by Gasteiger charge is -2.19. The van der Waals surface area contributed by atoms with Gasteiger partial charge in [-0.2, -0.15) is 0 Å². The number of non-ortho nitro benzene ring substituents is 1. The summed E-state index contributed by atoms with van der Waals surface area (Å²) in [5, 5.41) is 10.9. The van der Waals surface area contributed by atoms with Crippen molar-refractivity contribution in [2.24, 2.45) is 5.92 Å². The molecule has 0 radical (unpaired) electrons. The van der Waals surface area contributed by atoms with E-state index in [2.05, 4.69) is 0 Å². The Labute approximate surface area is 161 Å². The number of methoxy groups -OCH3 is 1. The normalized spacial score (nSPS) is 16.2. The number of hydrogen-bond acceptors (Lipinski definition) is 6. The quantitative estimate of drug-likeness (QED) is 0.340. The summed E-state index contributed by atoms with van der Waals surface area (Å²) in [5.41, 5.74) is 2.34. The maximum Gasteiger partial charge on any atom is 0.316 e. The summed E-state index contributed by atoms with van der Waals surface area (Å²) in [6, 6.07) is 9.36. The summed E-state index contributed by atoms with van der Waals surface area (Å²) in [7, 11) is 1.37. The topological polar surface area (TPSA) is 99.0 Å².